The molecule has 0 bridgehead atoms. The minimum absolute atomic E-state index is 0.0549. The molecule has 9 nitrogen and oxygen atoms in total. The molecule has 0 atom stereocenters. The Morgan fingerprint density at radius 3 is 2.65 bits per heavy atom. The summed E-state index contributed by atoms with van der Waals surface area (Å²) in [6.07, 6.45) is 0.446. The van der Waals surface area contributed by atoms with Crippen LogP contribution in [0, 0.1) is 0 Å². The Kier molecular flexibility index (Phi) is 4.64. The van der Waals surface area contributed by atoms with Gasteiger partial charge in [0.1, 0.15) is 0 Å². The Hall–Kier alpha value is -2.41. The highest BCUT2D eigenvalue weighted by Crippen LogP contribution is 2.14. The predicted molar refractivity (Wildman–Crippen MR) is 61.9 cm³/mol. The summed E-state index contributed by atoms with van der Waals surface area (Å²) in [7, 11) is 0. The molecule has 1 rings (SSSR count). The molecule has 0 aliphatic rings. The average Bonchev–Trinajstić information content (AvgIpc) is 2.31. The third kappa shape index (κ3) is 3.28. The first-order chi connectivity index (χ1) is 8.24. The molecule has 0 radical (unpaired) electrons. The number of aromatic nitrogens is 3. The summed E-state index contributed by atoms with van der Waals surface area (Å²) in [5.74, 6) is 0.338. The van der Waals surface area contributed by atoms with Crippen molar-refractivity contribution in [2.75, 3.05) is 23.3 Å². The molecule has 0 saturated heterocycles. The first kappa shape index (κ1) is 12.7. The molecule has 1 amide bonds. The number of anilines is 2. The fourth-order valence-electron chi connectivity index (χ4n) is 1.20. The zero-order valence-electron chi connectivity index (χ0n) is 9.53. The fourth-order valence-corrected chi connectivity index (χ4v) is 1.20. The Bertz CT molecular complexity index is 437. The number of hydrogen-bond acceptors (Lipinski definition) is 6. The van der Waals surface area contributed by atoms with E-state index in [1.54, 1.807) is 0 Å². The van der Waals surface area contributed by atoms with Gasteiger partial charge in [-0.15, -0.1) is 0 Å². The first-order valence-corrected chi connectivity index (χ1v) is 5.01. The van der Waals surface area contributed by atoms with Crippen molar-refractivity contribution in [2.24, 2.45) is 5.11 Å². The van der Waals surface area contributed by atoms with Crippen molar-refractivity contribution in [1.29, 1.82) is 0 Å². The Balaban J connectivity index is 3.18. The van der Waals surface area contributed by atoms with E-state index < -0.39 is 0 Å². The number of carbonyl (C=O) groups is 1. The second kappa shape index (κ2) is 6.23. The van der Waals surface area contributed by atoms with Crippen molar-refractivity contribution in [3.05, 3.63) is 10.4 Å². The summed E-state index contributed by atoms with van der Waals surface area (Å²) < 4.78 is 0. The zero-order chi connectivity index (χ0) is 12.7. The number of carbonyl (C=O) groups excluding carboxylic acids is 1. The minimum atomic E-state index is -0.0752. The largest absolute Gasteiger partial charge is 0.341 e. The molecule has 0 saturated carbocycles. The van der Waals surface area contributed by atoms with Crippen molar-refractivity contribution in [3.63, 3.8) is 0 Å². The van der Waals surface area contributed by atoms with E-state index in [2.05, 4.69) is 30.3 Å². The van der Waals surface area contributed by atoms with Gasteiger partial charge in [-0.1, -0.05) is 0 Å². The lowest BCUT2D eigenvalue weighted by atomic mass is 10.5. The van der Waals surface area contributed by atoms with Crippen LogP contribution in [0.15, 0.2) is 5.11 Å². The van der Waals surface area contributed by atoms with Crippen molar-refractivity contribution >= 4 is 24.3 Å². The van der Waals surface area contributed by atoms with Gasteiger partial charge in [0.25, 0.3) is 0 Å². The molecule has 0 aliphatic carbocycles. The molecule has 90 valence electrons. The third-order valence-corrected chi connectivity index (χ3v) is 1.98. The van der Waals surface area contributed by atoms with Crippen LogP contribution in [0.2, 0.25) is 0 Å². The molecule has 9 heteroatoms. The van der Waals surface area contributed by atoms with Crippen LogP contribution in [0.5, 0.6) is 0 Å². The summed E-state index contributed by atoms with van der Waals surface area (Å²) in [5, 5.41) is 5.59. The van der Waals surface area contributed by atoms with Gasteiger partial charge in [-0.3, -0.25) is 10.1 Å². The number of nitrogens with zero attached hydrogens (tertiary/aromatic N) is 7. The van der Waals surface area contributed by atoms with E-state index >= 15 is 0 Å². The third-order valence-electron chi connectivity index (χ3n) is 1.98. The lowest BCUT2D eigenvalue weighted by Crippen LogP contribution is -2.24. The van der Waals surface area contributed by atoms with E-state index in [0.717, 1.165) is 0 Å². The number of nitrogens with one attached hydrogen (secondary N) is 1. The van der Waals surface area contributed by atoms with Gasteiger partial charge in [-0.2, -0.15) is 15.0 Å². The van der Waals surface area contributed by atoms with E-state index in [-0.39, 0.29) is 11.9 Å². The SMILES string of the molecule is CCN(CC)c1nc(N=[N+]=[N-])nc(NC=O)n1. The molecule has 17 heavy (non-hydrogen) atoms. The van der Waals surface area contributed by atoms with E-state index in [1.165, 1.54) is 0 Å². The number of amides is 1. The van der Waals surface area contributed by atoms with Crippen LogP contribution >= 0.6 is 0 Å². The monoisotopic (exact) mass is 236 g/mol. The second-order valence-electron chi connectivity index (χ2n) is 2.88. The molecule has 1 aromatic rings. The van der Waals surface area contributed by atoms with Gasteiger partial charge in [0.05, 0.1) is 0 Å². The van der Waals surface area contributed by atoms with Gasteiger partial charge >= 0.3 is 0 Å². The first-order valence-electron chi connectivity index (χ1n) is 5.01. The zero-order valence-corrected chi connectivity index (χ0v) is 9.53. The van der Waals surface area contributed by atoms with Crippen LogP contribution in [0.25, 0.3) is 10.4 Å². The fraction of sp³-hybridized carbons (Fsp3) is 0.500. The second-order valence-corrected chi connectivity index (χ2v) is 2.88. The minimum Gasteiger partial charge on any atom is -0.341 e. The molecule has 1 heterocycles. The van der Waals surface area contributed by atoms with E-state index in [9.17, 15) is 4.79 Å². The lowest BCUT2D eigenvalue weighted by Gasteiger charge is -2.18. The van der Waals surface area contributed by atoms with Crippen molar-refractivity contribution in [1.82, 2.24) is 15.0 Å². The normalized spacial score (nSPS) is 9.29. The summed E-state index contributed by atoms with van der Waals surface area (Å²) in [5.41, 5.74) is 8.34. The molecule has 1 N–H and O–H groups in total. The highest BCUT2D eigenvalue weighted by Gasteiger charge is 2.09. The van der Waals surface area contributed by atoms with Crippen molar-refractivity contribution < 1.29 is 4.79 Å². The van der Waals surface area contributed by atoms with Gasteiger partial charge in [-0.05, 0) is 24.5 Å². The quantitative estimate of drug-likeness (QED) is 0.344. The van der Waals surface area contributed by atoms with Gasteiger partial charge in [0.15, 0.2) is 0 Å². The van der Waals surface area contributed by atoms with Crippen LogP contribution in [-0.4, -0.2) is 34.5 Å². The van der Waals surface area contributed by atoms with Crippen molar-refractivity contribution in [3.8, 4) is 0 Å². The van der Waals surface area contributed by atoms with Gasteiger partial charge in [0.2, 0.25) is 24.3 Å². The molecule has 0 unspecified atom stereocenters. The molecule has 0 fully saturated rings. The van der Waals surface area contributed by atoms with Crippen LogP contribution < -0.4 is 10.2 Å². The van der Waals surface area contributed by atoms with E-state index in [1.807, 2.05) is 18.7 Å². The standard InChI is InChI=1S/C8H12N8O/c1-3-16(4-2)8-12-6(10-5-17)11-7(13-8)14-15-9/h5H,3-4H2,1-2H3,(H,10,11,12,13,17). The topological polar surface area (TPSA) is 120 Å². The van der Waals surface area contributed by atoms with Gasteiger partial charge in [0, 0.05) is 18.0 Å². The number of azide groups is 1. The van der Waals surface area contributed by atoms with Crippen molar-refractivity contribution in [2.45, 2.75) is 13.8 Å². The maximum atomic E-state index is 10.3. The maximum Gasteiger partial charge on any atom is 0.234 e. The highest BCUT2D eigenvalue weighted by molar-refractivity contribution is 5.67. The van der Waals surface area contributed by atoms with Gasteiger partial charge in [-0.25, -0.2) is 0 Å². The molecule has 1 aromatic heterocycles. The highest BCUT2D eigenvalue weighted by atomic mass is 16.1. The Morgan fingerprint density at radius 2 is 2.12 bits per heavy atom. The van der Waals surface area contributed by atoms with Crippen LogP contribution in [0.4, 0.5) is 17.8 Å². The molecular weight excluding hydrogens is 224 g/mol. The van der Waals surface area contributed by atoms with Crippen LogP contribution in [-0.2, 0) is 4.79 Å². The predicted octanol–water partition coefficient (Wildman–Crippen LogP) is 1.23. The molecular formula is C8H12N8O. The smallest absolute Gasteiger partial charge is 0.234 e. The van der Waals surface area contributed by atoms with Crippen LogP contribution in [0.1, 0.15) is 13.8 Å². The molecule has 0 spiro atoms. The Labute approximate surface area is 97.5 Å². The Morgan fingerprint density at radius 1 is 1.41 bits per heavy atom. The summed E-state index contributed by atoms with van der Waals surface area (Å²) in [4.78, 5) is 26.5. The molecule has 0 aromatic carbocycles. The average molecular weight is 236 g/mol. The maximum absolute atomic E-state index is 10.3. The number of rotatable bonds is 6. The van der Waals surface area contributed by atoms with Gasteiger partial charge < -0.3 is 4.90 Å². The summed E-state index contributed by atoms with van der Waals surface area (Å²) in [6.45, 7) is 5.26. The summed E-state index contributed by atoms with van der Waals surface area (Å²) in [6, 6.07) is 0. The molecule has 0 aliphatic heterocycles. The summed E-state index contributed by atoms with van der Waals surface area (Å²) >= 11 is 0. The van der Waals surface area contributed by atoms with E-state index in [0.29, 0.717) is 25.4 Å². The number of hydrogen-bond donors (Lipinski definition) is 1. The van der Waals surface area contributed by atoms with Crippen LogP contribution in [0.3, 0.4) is 0 Å². The lowest BCUT2D eigenvalue weighted by molar-refractivity contribution is -0.105. The van der Waals surface area contributed by atoms with E-state index in [4.69, 9.17) is 5.53 Å².